The maximum atomic E-state index is 12.0. The minimum atomic E-state index is -1.02. The second-order valence-electron chi connectivity index (χ2n) is 3.55. The third-order valence-corrected chi connectivity index (χ3v) is 4.14. The summed E-state index contributed by atoms with van der Waals surface area (Å²) in [6.07, 6.45) is 4.42. The van der Waals surface area contributed by atoms with Gasteiger partial charge in [-0.2, -0.15) is 0 Å². The summed E-state index contributed by atoms with van der Waals surface area (Å²) in [6.45, 7) is 3.54. The molecule has 0 aliphatic carbocycles. The monoisotopic (exact) mass is 285 g/mol. The first-order valence-electron chi connectivity index (χ1n) is 5.36. The maximum Gasteiger partial charge on any atom is 0.326 e. The van der Waals surface area contributed by atoms with Crippen LogP contribution in [0.4, 0.5) is 0 Å². The fourth-order valence-corrected chi connectivity index (χ4v) is 3.04. The van der Waals surface area contributed by atoms with Crippen LogP contribution >= 0.6 is 23.1 Å². The molecular weight excluding hydrogens is 270 g/mol. The molecule has 1 unspecified atom stereocenters. The molecule has 6 heteroatoms. The lowest BCUT2D eigenvalue weighted by Gasteiger charge is -2.13. The quantitative estimate of drug-likeness (QED) is 0.597. The summed E-state index contributed by atoms with van der Waals surface area (Å²) >= 11 is 2.78. The summed E-state index contributed by atoms with van der Waals surface area (Å²) in [4.78, 5) is 24.4. The Bertz CT molecular complexity index is 442. The molecule has 0 spiro atoms. The molecule has 0 saturated heterocycles. The highest BCUT2D eigenvalue weighted by atomic mass is 32.2. The van der Waals surface area contributed by atoms with E-state index in [1.54, 1.807) is 6.08 Å². The molecule has 2 N–H and O–H groups in total. The third-order valence-electron chi connectivity index (χ3n) is 2.32. The number of allylic oxidation sites excluding steroid dienone is 1. The first kappa shape index (κ1) is 14.8. The average Bonchev–Trinajstić information content (AvgIpc) is 2.82. The molecule has 1 aromatic heterocycles. The number of carboxylic acids is 1. The molecule has 1 aromatic rings. The smallest absolute Gasteiger partial charge is 0.326 e. The minimum absolute atomic E-state index is 0.328. The molecule has 0 radical (unpaired) electrons. The van der Waals surface area contributed by atoms with Crippen LogP contribution in [0.25, 0.3) is 0 Å². The number of thiophene rings is 1. The topological polar surface area (TPSA) is 66.4 Å². The number of hydrogen-bond acceptors (Lipinski definition) is 4. The highest BCUT2D eigenvalue weighted by Gasteiger charge is 2.21. The van der Waals surface area contributed by atoms with Crippen molar-refractivity contribution < 1.29 is 14.7 Å². The Morgan fingerprint density at radius 2 is 2.39 bits per heavy atom. The van der Waals surface area contributed by atoms with Gasteiger partial charge in [0.2, 0.25) is 0 Å². The van der Waals surface area contributed by atoms with Crippen LogP contribution in [0.5, 0.6) is 0 Å². The van der Waals surface area contributed by atoms with Crippen LogP contribution < -0.4 is 5.32 Å². The average molecular weight is 285 g/mol. The predicted octanol–water partition coefficient (Wildman–Crippen LogP) is 2.62. The van der Waals surface area contributed by atoms with E-state index in [1.165, 1.54) is 23.1 Å². The van der Waals surface area contributed by atoms with Gasteiger partial charge in [-0.1, -0.05) is 6.08 Å². The standard InChI is InChI=1S/C12H15NO3S2/c1-3-4-5-8(12(15)16)13-11(14)10-9(17-2)6-7-18-10/h3,6-8H,1,4-5H2,2H3,(H,13,14)(H,15,16). The molecule has 4 nitrogen and oxygen atoms in total. The molecule has 0 aliphatic rings. The van der Waals surface area contributed by atoms with Gasteiger partial charge in [0.25, 0.3) is 5.91 Å². The Balaban J connectivity index is 2.72. The zero-order valence-electron chi connectivity index (χ0n) is 10.0. The molecule has 0 aliphatic heterocycles. The van der Waals surface area contributed by atoms with E-state index >= 15 is 0 Å². The van der Waals surface area contributed by atoms with Gasteiger partial charge in [0.1, 0.15) is 10.9 Å². The molecule has 0 fully saturated rings. The van der Waals surface area contributed by atoms with Gasteiger partial charge in [-0.15, -0.1) is 29.7 Å². The van der Waals surface area contributed by atoms with Gasteiger partial charge in [-0.05, 0) is 30.5 Å². The van der Waals surface area contributed by atoms with Crippen LogP contribution in [0.2, 0.25) is 0 Å². The molecule has 0 bridgehead atoms. The fraction of sp³-hybridized carbons (Fsp3) is 0.333. The summed E-state index contributed by atoms with van der Waals surface area (Å²) < 4.78 is 0. The molecule has 1 atom stereocenters. The van der Waals surface area contributed by atoms with Gasteiger partial charge in [-0.3, -0.25) is 4.79 Å². The zero-order valence-corrected chi connectivity index (χ0v) is 11.6. The van der Waals surface area contributed by atoms with Crippen molar-refractivity contribution in [2.45, 2.75) is 23.8 Å². The third kappa shape index (κ3) is 3.89. The van der Waals surface area contributed by atoms with Crippen LogP contribution in [-0.2, 0) is 4.79 Å². The van der Waals surface area contributed by atoms with E-state index in [0.717, 1.165) is 4.90 Å². The lowest BCUT2D eigenvalue weighted by molar-refractivity contribution is -0.139. The second-order valence-corrected chi connectivity index (χ2v) is 5.31. The van der Waals surface area contributed by atoms with E-state index < -0.39 is 12.0 Å². The summed E-state index contributed by atoms with van der Waals surface area (Å²) in [5.41, 5.74) is 0. The molecule has 1 amide bonds. The van der Waals surface area contributed by atoms with E-state index in [9.17, 15) is 9.59 Å². The number of rotatable bonds is 7. The van der Waals surface area contributed by atoms with Gasteiger partial charge < -0.3 is 10.4 Å². The SMILES string of the molecule is C=CCCC(NC(=O)c1sccc1SC)C(=O)O. The summed E-state index contributed by atoms with van der Waals surface area (Å²) in [6, 6.07) is 0.983. The van der Waals surface area contributed by atoms with Crippen molar-refractivity contribution in [2.24, 2.45) is 0 Å². The summed E-state index contributed by atoms with van der Waals surface area (Å²) in [7, 11) is 0. The maximum absolute atomic E-state index is 12.0. The Morgan fingerprint density at radius 3 is 2.94 bits per heavy atom. The van der Waals surface area contributed by atoms with Crippen LogP contribution in [0, 0.1) is 0 Å². The van der Waals surface area contributed by atoms with Crippen molar-refractivity contribution in [2.75, 3.05) is 6.26 Å². The van der Waals surface area contributed by atoms with E-state index in [4.69, 9.17) is 5.11 Å². The van der Waals surface area contributed by atoms with Crippen molar-refractivity contribution in [3.8, 4) is 0 Å². The first-order valence-corrected chi connectivity index (χ1v) is 7.46. The lowest BCUT2D eigenvalue weighted by Crippen LogP contribution is -2.40. The number of nitrogens with one attached hydrogen (secondary N) is 1. The Labute approximate surface area is 114 Å². The van der Waals surface area contributed by atoms with Gasteiger partial charge in [0, 0.05) is 4.90 Å². The number of amides is 1. The largest absolute Gasteiger partial charge is 0.480 e. The van der Waals surface area contributed by atoms with Gasteiger partial charge in [0.05, 0.1) is 0 Å². The van der Waals surface area contributed by atoms with Gasteiger partial charge >= 0.3 is 5.97 Å². The zero-order chi connectivity index (χ0) is 13.5. The molecule has 1 heterocycles. The Hall–Kier alpha value is -1.27. The second kappa shape index (κ2) is 7.23. The number of hydrogen-bond donors (Lipinski definition) is 2. The highest BCUT2D eigenvalue weighted by molar-refractivity contribution is 7.98. The normalized spacial score (nSPS) is 11.8. The summed E-state index contributed by atoms with van der Waals surface area (Å²) in [5, 5.41) is 13.4. The van der Waals surface area contributed by atoms with Gasteiger partial charge in [0.15, 0.2) is 0 Å². The van der Waals surface area contributed by atoms with Crippen LogP contribution in [0.1, 0.15) is 22.5 Å². The van der Waals surface area contributed by atoms with E-state index in [-0.39, 0.29) is 5.91 Å². The Morgan fingerprint density at radius 1 is 1.67 bits per heavy atom. The molecule has 98 valence electrons. The van der Waals surface area contributed by atoms with E-state index in [0.29, 0.717) is 17.7 Å². The lowest BCUT2D eigenvalue weighted by atomic mass is 10.1. The summed E-state index contributed by atoms with van der Waals surface area (Å²) in [5.74, 6) is -1.35. The fourth-order valence-electron chi connectivity index (χ4n) is 1.39. The van der Waals surface area contributed by atoms with Gasteiger partial charge in [-0.25, -0.2) is 4.79 Å². The van der Waals surface area contributed by atoms with Crippen molar-refractivity contribution in [3.63, 3.8) is 0 Å². The van der Waals surface area contributed by atoms with Crippen molar-refractivity contribution in [3.05, 3.63) is 29.0 Å². The number of thioether (sulfide) groups is 1. The van der Waals surface area contributed by atoms with Crippen LogP contribution in [0.15, 0.2) is 29.0 Å². The van der Waals surface area contributed by atoms with Crippen molar-refractivity contribution in [1.29, 1.82) is 0 Å². The number of carboxylic acid groups (broad SMARTS) is 1. The molecule has 1 rings (SSSR count). The van der Waals surface area contributed by atoms with Crippen molar-refractivity contribution >= 4 is 35.0 Å². The number of carbonyl (C=O) groups is 2. The van der Waals surface area contributed by atoms with Crippen LogP contribution in [0.3, 0.4) is 0 Å². The number of carbonyl (C=O) groups excluding carboxylic acids is 1. The van der Waals surface area contributed by atoms with Crippen molar-refractivity contribution in [1.82, 2.24) is 5.32 Å². The Kier molecular flexibility index (Phi) is 5.94. The molecule has 0 saturated carbocycles. The first-order chi connectivity index (χ1) is 8.60. The number of aliphatic carboxylic acids is 1. The predicted molar refractivity (Wildman–Crippen MR) is 74.4 cm³/mol. The minimum Gasteiger partial charge on any atom is -0.480 e. The van der Waals surface area contributed by atoms with E-state index in [1.807, 2.05) is 17.7 Å². The highest BCUT2D eigenvalue weighted by Crippen LogP contribution is 2.25. The molecule has 0 aromatic carbocycles. The van der Waals surface area contributed by atoms with Crippen LogP contribution in [-0.4, -0.2) is 29.3 Å². The molecule has 18 heavy (non-hydrogen) atoms. The molecular formula is C12H15NO3S2. The van der Waals surface area contributed by atoms with E-state index in [2.05, 4.69) is 11.9 Å².